The van der Waals surface area contributed by atoms with E-state index in [-0.39, 0.29) is 24.6 Å². The number of carbonyl (C=O) groups excluding carboxylic acids is 1. The van der Waals surface area contributed by atoms with Crippen LogP contribution in [0.15, 0.2) is 34.9 Å². The Morgan fingerprint density at radius 1 is 1.30 bits per heavy atom. The molecular formula is C14H9BrF2N2O. The smallest absolute Gasteiger partial charge is 0.256 e. The lowest BCUT2D eigenvalue weighted by molar-refractivity contribution is 0.0763. The number of halogens is 3. The molecule has 20 heavy (non-hydrogen) atoms. The molecule has 2 heterocycles. The number of pyridine rings is 1. The molecule has 0 aliphatic carbocycles. The third-order valence-electron chi connectivity index (χ3n) is 3.20. The van der Waals surface area contributed by atoms with Crippen LogP contribution in [0.25, 0.3) is 0 Å². The lowest BCUT2D eigenvalue weighted by Gasteiger charge is -2.16. The number of amides is 1. The van der Waals surface area contributed by atoms with Crippen molar-refractivity contribution >= 4 is 21.8 Å². The van der Waals surface area contributed by atoms with Gasteiger partial charge in [0.1, 0.15) is 11.6 Å². The maximum absolute atomic E-state index is 13.8. The number of nitrogens with zero attached hydrogens (tertiary/aromatic N) is 2. The van der Waals surface area contributed by atoms with Crippen molar-refractivity contribution in [3.63, 3.8) is 0 Å². The Labute approximate surface area is 122 Å². The molecular weight excluding hydrogens is 330 g/mol. The Kier molecular flexibility index (Phi) is 3.25. The van der Waals surface area contributed by atoms with Gasteiger partial charge in [-0.25, -0.2) is 8.78 Å². The van der Waals surface area contributed by atoms with E-state index < -0.39 is 11.6 Å². The van der Waals surface area contributed by atoms with Crippen molar-refractivity contribution in [2.75, 3.05) is 0 Å². The monoisotopic (exact) mass is 338 g/mol. The predicted octanol–water partition coefficient (Wildman–Crippen LogP) is 3.28. The van der Waals surface area contributed by atoms with Gasteiger partial charge in [-0.2, -0.15) is 0 Å². The Morgan fingerprint density at radius 3 is 2.65 bits per heavy atom. The topological polar surface area (TPSA) is 33.2 Å². The molecule has 3 nitrogen and oxygen atoms in total. The van der Waals surface area contributed by atoms with Crippen LogP contribution in [0.1, 0.15) is 21.6 Å². The van der Waals surface area contributed by atoms with E-state index in [1.54, 1.807) is 18.3 Å². The molecule has 0 bridgehead atoms. The zero-order chi connectivity index (χ0) is 14.3. The molecule has 0 unspecified atom stereocenters. The fourth-order valence-corrected chi connectivity index (χ4v) is 2.63. The first kappa shape index (κ1) is 13.2. The average molecular weight is 339 g/mol. The number of carbonyl (C=O) groups is 1. The standard InChI is InChI=1S/C14H9BrF2N2O/c15-8-4-11(16)10(12(17)5-8)6-19-7-13-9(14(19)20)2-1-3-18-13/h1-5H,6-7H2. The second-order valence-electron chi connectivity index (χ2n) is 4.51. The largest absolute Gasteiger partial charge is 0.328 e. The quantitative estimate of drug-likeness (QED) is 0.841. The van der Waals surface area contributed by atoms with Crippen molar-refractivity contribution in [1.29, 1.82) is 0 Å². The van der Waals surface area contributed by atoms with Crippen LogP contribution in [0.4, 0.5) is 8.78 Å². The van der Waals surface area contributed by atoms with Crippen LogP contribution in [-0.2, 0) is 13.1 Å². The summed E-state index contributed by atoms with van der Waals surface area (Å²) in [5.74, 6) is -1.60. The van der Waals surface area contributed by atoms with Crippen LogP contribution < -0.4 is 0 Å². The molecule has 1 aliphatic rings. The predicted molar refractivity (Wildman–Crippen MR) is 71.9 cm³/mol. The van der Waals surface area contributed by atoms with Gasteiger partial charge in [0.05, 0.1) is 24.3 Å². The van der Waals surface area contributed by atoms with Crippen molar-refractivity contribution < 1.29 is 13.6 Å². The molecule has 0 N–H and O–H groups in total. The highest BCUT2D eigenvalue weighted by atomic mass is 79.9. The van der Waals surface area contributed by atoms with Crippen LogP contribution in [0.2, 0.25) is 0 Å². The third-order valence-corrected chi connectivity index (χ3v) is 3.66. The summed E-state index contributed by atoms with van der Waals surface area (Å²) in [4.78, 5) is 17.6. The van der Waals surface area contributed by atoms with E-state index in [1.807, 2.05) is 0 Å². The molecule has 3 rings (SSSR count). The van der Waals surface area contributed by atoms with Gasteiger partial charge in [-0.15, -0.1) is 0 Å². The number of rotatable bonds is 2. The third kappa shape index (κ3) is 2.20. The maximum Gasteiger partial charge on any atom is 0.256 e. The fraction of sp³-hybridized carbons (Fsp3) is 0.143. The molecule has 0 saturated carbocycles. The van der Waals surface area contributed by atoms with Crippen LogP contribution >= 0.6 is 15.9 Å². The molecule has 6 heteroatoms. The summed E-state index contributed by atoms with van der Waals surface area (Å²) in [6.45, 7) is 0.157. The van der Waals surface area contributed by atoms with E-state index in [0.29, 0.717) is 15.7 Å². The summed E-state index contributed by atoms with van der Waals surface area (Å²) in [7, 11) is 0. The highest BCUT2D eigenvalue weighted by Gasteiger charge is 2.29. The molecule has 0 radical (unpaired) electrons. The fourth-order valence-electron chi connectivity index (χ4n) is 2.22. The van der Waals surface area contributed by atoms with Crippen LogP contribution in [0.5, 0.6) is 0 Å². The normalized spacial score (nSPS) is 13.8. The van der Waals surface area contributed by atoms with Crippen molar-refractivity contribution in [2.45, 2.75) is 13.1 Å². The minimum atomic E-state index is -0.673. The summed E-state index contributed by atoms with van der Waals surface area (Å²) >= 11 is 3.02. The van der Waals surface area contributed by atoms with Gasteiger partial charge in [0.15, 0.2) is 0 Å². The van der Waals surface area contributed by atoms with Gasteiger partial charge in [-0.3, -0.25) is 9.78 Å². The molecule has 0 atom stereocenters. The van der Waals surface area contributed by atoms with Gasteiger partial charge in [-0.1, -0.05) is 15.9 Å². The molecule has 2 aromatic rings. The molecule has 0 fully saturated rings. The van der Waals surface area contributed by atoms with Gasteiger partial charge in [0, 0.05) is 16.2 Å². The molecule has 0 saturated heterocycles. The van der Waals surface area contributed by atoms with Crippen molar-refractivity contribution in [3.05, 3.63) is 63.4 Å². The molecule has 1 aromatic carbocycles. The van der Waals surface area contributed by atoms with Crippen LogP contribution in [-0.4, -0.2) is 15.8 Å². The van der Waals surface area contributed by atoms with Crippen LogP contribution in [0, 0.1) is 11.6 Å². The Balaban J connectivity index is 1.90. The average Bonchev–Trinajstić information content (AvgIpc) is 2.71. The molecule has 1 aromatic heterocycles. The molecule has 1 amide bonds. The number of hydrogen-bond donors (Lipinski definition) is 0. The van der Waals surface area contributed by atoms with E-state index in [0.717, 1.165) is 0 Å². The summed E-state index contributed by atoms with van der Waals surface area (Å²) < 4.78 is 27.9. The number of hydrogen-bond acceptors (Lipinski definition) is 2. The maximum atomic E-state index is 13.8. The first-order valence-electron chi connectivity index (χ1n) is 5.93. The minimum Gasteiger partial charge on any atom is -0.328 e. The van der Waals surface area contributed by atoms with Crippen molar-refractivity contribution in [1.82, 2.24) is 9.88 Å². The number of fused-ring (bicyclic) bond motifs is 1. The molecule has 1 aliphatic heterocycles. The summed E-state index contributed by atoms with van der Waals surface area (Å²) in [5.41, 5.74) is 1.01. The second kappa shape index (κ2) is 4.94. The van der Waals surface area contributed by atoms with E-state index in [4.69, 9.17) is 0 Å². The number of benzene rings is 1. The lowest BCUT2D eigenvalue weighted by Crippen LogP contribution is -2.24. The number of aromatic nitrogens is 1. The van der Waals surface area contributed by atoms with Crippen molar-refractivity contribution in [2.24, 2.45) is 0 Å². The van der Waals surface area contributed by atoms with E-state index in [2.05, 4.69) is 20.9 Å². The highest BCUT2D eigenvalue weighted by molar-refractivity contribution is 9.10. The molecule has 0 spiro atoms. The second-order valence-corrected chi connectivity index (χ2v) is 5.42. The van der Waals surface area contributed by atoms with Gasteiger partial charge in [-0.05, 0) is 24.3 Å². The van der Waals surface area contributed by atoms with Crippen molar-refractivity contribution in [3.8, 4) is 0 Å². The van der Waals surface area contributed by atoms with Gasteiger partial charge in [0.25, 0.3) is 5.91 Å². The Hall–Kier alpha value is -1.82. The first-order chi connectivity index (χ1) is 9.56. The summed E-state index contributed by atoms with van der Waals surface area (Å²) in [6, 6.07) is 5.70. The van der Waals surface area contributed by atoms with E-state index in [1.165, 1.54) is 17.0 Å². The zero-order valence-corrected chi connectivity index (χ0v) is 11.8. The van der Waals surface area contributed by atoms with Gasteiger partial charge < -0.3 is 4.90 Å². The van der Waals surface area contributed by atoms with Crippen LogP contribution in [0.3, 0.4) is 0 Å². The van der Waals surface area contributed by atoms with E-state index >= 15 is 0 Å². The van der Waals surface area contributed by atoms with E-state index in [9.17, 15) is 13.6 Å². The minimum absolute atomic E-state index is 0.111. The summed E-state index contributed by atoms with van der Waals surface area (Å²) in [5, 5.41) is 0. The SMILES string of the molecule is O=C1c2cccnc2CN1Cc1c(F)cc(Br)cc1F. The zero-order valence-electron chi connectivity index (χ0n) is 10.2. The van der Waals surface area contributed by atoms with Gasteiger partial charge >= 0.3 is 0 Å². The first-order valence-corrected chi connectivity index (χ1v) is 6.72. The Bertz CT molecular complexity index is 682. The molecule has 102 valence electrons. The summed E-state index contributed by atoms with van der Waals surface area (Å²) in [6.07, 6.45) is 1.59. The van der Waals surface area contributed by atoms with Gasteiger partial charge in [0.2, 0.25) is 0 Å². The highest BCUT2D eigenvalue weighted by Crippen LogP contribution is 2.26. The Morgan fingerprint density at radius 2 is 2.00 bits per heavy atom. The lowest BCUT2D eigenvalue weighted by atomic mass is 10.2.